The van der Waals surface area contributed by atoms with E-state index in [1.807, 2.05) is 48.7 Å². The van der Waals surface area contributed by atoms with Crippen molar-refractivity contribution in [1.82, 2.24) is 10.3 Å². The molecule has 0 radical (unpaired) electrons. The molecule has 3 aromatic rings. The molecule has 1 saturated heterocycles. The van der Waals surface area contributed by atoms with Gasteiger partial charge in [-0.2, -0.15) is 0 Å². The molecule has 2 heterocycles. The van der Waals surface area contributed by atoms with Crippen molar-refractivity contribution in [1.29, 1.82) is 0 Å². The van der Waals surface area contributed by atoms with Gasteiger partial charge in [0, 0.05) is 30.2 Å². The molecule has 2 N–H and O–H groups in total. The lowest BCUT2D eigenvalue weighted by Crippen LogP contribution is -2.29. The van der Waals surface area contributed by atoms with Crippen LogP contribution in [0.25, 0.3) is 11.1 Å². The van der Waals surface area contributed by atoms with Crippen LogP contribution in [0.1, 0.15) is 5.56 Å². The molecule has 1 unspecified atom stereocenters. The number of benzene rings is 2. The summed E-state index contributed by atoms with van der Waals surface area (Å²) in [5.74, 6) is 0.380. The molecule has 4 rings (SSSR count). The average molecular weight is 357 g/mol. The summed E-state index contributed by atoms with van der Waals surface area (Å²) < 4.78 is 0. The number of amides is 1. The molecule has 2 atom stereocenters. The molecule has 1 fully saturated rings. The van der Waals surface area contributed by atoms with E-state index in [0.717, 1.165) is 36.3 Å². The van der Waals surface area contributed by atoms with Crippen LogP contribution in [0.15, 0.2) is 79.1 Å². The number of carbonyl (C=O) groups is 1. The first-order valence-electron chi connectivity index (χ1n) is 9.35. The Kier molecular flexibility index (Phi) is 5.26. The van der Waals surface area contributed by atoms with Gasteiger partial charge in [0.2, 0.25) is 5.91 Å². The summed E-state index contributed by atoms with van der Waals surface area (Å²) in [7, 11) is 0. The smallest absolute Gasteiger partial charge is 0.229 e. The molecule has 0 bridgehead atoms. The lowest BCUT2D eigenvalue weighted by Gasteiger charge is -2.18. The van der Waals surface area contributed by atoms with Gasteiger partial charge in [-0.15, -0.1) is 0 Å². The molecule has 27 heavy (non-hydrogen) atoms. The number of nitrogens with zero attached hydrogens (tertiary/aromatic N) is 1. The highest BCUT2D eigenvalue weighted by Crippen LogP contribution is 2.25. The molecule has 136 valence electrons. The third kappa shape index (κ3) is 4.23. The predicted molar refractivity (Wildman–Crippen MR) is 108 cm³/mol. The highest BCUT2D eigenvalue weighted by Gasteiger charge is 2.32. The van der Waals surface area contributed by atoms with Crippen LogP contribution in [-0.4, -0.2) is 24.0 Å². The van der Waals surface area contributed by atoms with Gasteiger partial charge < -0.3 is 10.6 Å². The first-order valence-corrected chi connectivity index (χ1v) is 9.35. The van der Waals surface area contributed by atoms with Gasteiger partial charge in [-0.1, -0.05) is 48.5 Å². The number of anilines is 1. The Morgan fingerprint density at radius 3 is 2.67 bits per heavy atom. The maximum atomic E-state index is 12.9. The molecule has 4 heteroatoms. The fourth-order valence-corrected chi connectivity index (χ4v) is 3.72. The number of aromatic nitrogens is 1. The van der Waals surface area contributed by atoms with Crippen molar-refractivity contribution >= 4 is 11.6 Å². The van der Waals surface area contributed by atoms with E-state index in [-0.39, 0.29) is 11.8 Å². The quantitative estimate of drug-likeness (QED) is 0.731. The molecular weight excluding hydrogens is 334 g/mol. The predicted octanol–water partition coefficient (Wildman–Crippen LogP) is 3.77. The summed E-state index contributed by atoms with van der Waals surface area (Å²) in [6.07, 6.45) is 4.51. The number of hydrogen-bond acceptors (Lipinski definition) is 3. The van der Waals surface area contributed by atoms with Gasteiger partial charge in [-0.05, 0) is 48.2 Å². The van der Waals surface area contributed by atoms with Gasteiger partial charge in [0.25, 0.3) is 0 Å². The molecule has 4 nitrogen and oxygen atoms in total. The van der Waals surface area contributed by atoms with E-state index in [1.54, 1.807) is 6.20 Å². The standard InChI is InChI=1S/C23H23N3O/c27-23(22-16-25-15-20(22)12-17-6-2-1-3-7-17)26-21-10-4-8-18(13-21)19-9-5-11-24-14-19/h1-11,13-14,20,22,25H,12,15-16H2,(H,26,27)/t20?,22-/m0/s1. The minimum atomic E-state index is -0.0211. The third-order valence-corrected chi connectivity index (χ3v) is 5.14. The highest BCUT2D eigenvalue weighted by molar-refractivity contribution is 5.93. The second kappa shape index (κ2) is 8.14. The van der Waals surface area contributed by atoms with Crippen molar-refractivity contribution in [3.8, 4) is 11.1 Å². The van der Waals surface area contributed by atoms with Gasteiger partial charge in [0.05, 0.1) is 5.92 Å². The van der Waals surface area contributed by atoms with Gasteiger partial charge in [-0.25, -0.2) is 0 Å². The van der Waals surface area contributed by atoms with Crippen molar-refractivity contribution in [2.45, 2.75) is 6.42 Å². The average Bonchev–Trinajstić information content (AvgIpc) is 3.18. The van der Waals surface area contributed by atoms with Crippen molar-refractivity contribution < 1.29 is 4.79 Å². The van der Waals surface area contributed by atoms with E-state index in [1.165, 1.54) is 5.56 Å². The zero-order valence-electron chi connectivity index (χ0n) is 15.1. The third-order valence-electron chi connectivity index (χ3n) is 5.14. The van der Waals surface area contributed by atoms with E-state index in [4.69, 9.17) is 0 Å². The Bertz CT molecular complexity index is 896. The molecule has 0 aliphatic carbocycles. The SMILES string of the molecule is O=C(Nc1cccc(-c2cccnc2)c1)[C@H]1CNCC1Cc1ccccc1. The van der Waals surface area contributed by atoms with Crippen LogP contribution in [0.4, 0.5) is 5.69 Å². The lowest BCUT2D eigenvalue weighted by molar-refractivity contribution is -0.120. The number of carbonyl (C=O) groups excluding carboxylic acids is 1. The normalized spacial score (nSPS) is 19.0. The number of rotatable bonds is 5. The summed E-state index contributed by atoms with van der Waals surface area (Å²) >= 11 is 0. The number of nitrogens with one attached hydrogen (secondary N) is 2. The first-order chi connectivity index (χ1) is 13.3. The zero-order valence-corrected chi connectivity index (χ0v) is 15.1. The summed E-state index contributed by atoms with van der Waals surface area (Å²) in [6.45, 7) is 1.61. The van der Waals surface area contributed by atoms with Crippen LogP contribution in [-0.2, 0) is 11.2 Å². The summed E-state index contributed by atoms with van der Waals surface area (Å²) in [5.41, 5.74) is 4.19. The number of pyridine rings is 1. The Hall–Kier alpha value is -2.98. The van der Waals surface area contributed by atoms with Crippen molar-refractivity contribution in [3.63, 3.8) is 0 Å². The van der Waals surface area contributed by atoms with Crippen molar-refractivity contribution in [2.75, 3.05) is 18.4 Å². The highest BCUT2D eigenvalue weighted by atomic mass is 16.1. The van der Waals surface area contributed by atoms with E-state index in [9.17, 15) is 4.79 Å². The van der Waals surface area contributed by atoms with Crippen LogP contribution in [0, 0.1) is 11.8 Å². The molecule has 1 aliphatic rings. The Morgan fingerprint density at radius 2 is 1.85 bits per heavy atom. The largest absolute Gasteiger partial charge is 0.326 e. The van der Waals surface area contributed by atoms with E-state index >= 15 is 0 Å². The lowest BCUT2D eigenvalue weighted by atomic mass is 9.89. The Balaban J connectivity index is 1.45. The topological polar surface area (TPSA) is 54.0 Å². The van der Waals surface area contributed by atoms with Gasteiger partial charge >= 0.3 is 0 Å². The molecule has 0 spiro atoms. The van der Waals surface area contributed by atoms with Crippen molar-refractivity contribution in [3.05, 3.63) is 84.7 Å². The molecule has 0 saturated carbocycles. The molecule has 1 amide bonds. The second-order valence-corrected chi connectivity index (χ2v) is 7.03. The maximum absolute atomic E-state index is 12.9. The van der Waals surface area contributed by atoms with E-state index in [0.29, 0.717) is 5.92 Å². The molecule has 1 aliphatic heterocycles. The van der Waals surface area contributed by atoms with E-state index < -0.39 is 0 Å². The van der Waals surface area contributed by atoms with Crippen molar-refractivity contribution in [2.24, 2.45) is 11.8 Å². The monoisotopic (exact) mass is 357 g/mol. The minimum absolute atomic E-state index is 0.0211. The van der Waals surface area contributed by atoms with Crippen LogP contribution >= 0.6 is 0 Å². The Morgan fingerprint density at radius 1 is 1.00 bits per heavy atom. The van der Waals surface area contributed by atoms with E-state index in [2.05, 4.69) is 39.9 Å². The van der Waals surface area contributed by atoms with Crippen LogP contribution in [0.3, 0.4) is 0 Å². The fraction of sp³-hybridized carbons (Fsp3) is 0.217. The van der Waals surface area contributed by atoms with Crippen LogP contribution < -0.4 is 10.6 Å². The molecule has 2 aromatic carbocycles. The zero-order chi connectivity index (χ0) is 18.5. The summed E-state index contributed by atoms with van der Waals surface area (Å²) in [4.78, 5) is 17.1. The first kappa shape index (κ1) is 17.4. The maximum Gasteiger partial charge on any atom is 0.229 e. The number of hydrogen-bond donors (Lipinski definition) is 2. The molecule has 1 aromatic heterocycles. The fourth-order valence-electron chi connectivity index (χ4n) is 3.72. The summed E-state index contributed by atoms with van der Waals surface area (Å²) in [6, 6.07) is 22.3. The summed E-state index contributed by atoms with van der Waals surface area (Å²) in [5, 5.41) is 6.49. The minimum Gasteiger partial charge on any atom is -0.326 e. The van der Waals surface area contributed by atoms with Gasteiger partial charge in [0.15, 0.2) is 0 Å². The molecular formula is C23H23N3O. The van der Waals surface area contributed by atoms with Gasteiger partial charge in [-0.3, -0.25) is 9.78 Å². The second-order valence-electron chi connectivity index (χ2n) is 7.03. The van der Waals surface area contributed by atoms with Crippen LogP contribution in [0.2, 0.25) is 0 Å². The van der Waals surface area contributed by atoms with Crippen LogP contribution in [0.5, 0.6) is 0 Å². The Labute approximate surface area is 159 Å². The van der Waals surface area contributed by atoms with Gasteiger partial charge in [0.1, 0.15) is 0 Å².